The minimum atomic E-state index is -1.26. The Labute approximate surface area is 281 Å². The Bertz CT molecular complexity index is 1590. The average Bonchev–Trinajstić information content (AvgIpc) is 3.39. The zero-order chi connectivity index (χ0) is 33.9. The number of alkyl halides is 1. The maximum atomic E-state index is 15.6. The van der Waals surface area contributed by atoms with Crippen LogP contribution in [0.2, 0.25) is 0 Å². The lowest BCUT2D eigenvalue weighted by molar-refractivity contribution is -0.128. The van der Waals surface area contributed by atoms with Crippen LogP contribution in [0.4, 0.5) is 8.78 Å². The van der Waals surface area contributed by atoms with Gasteiger partial charge in [-0.05, 0) is 99.8 Å². The number of halogens is 2. The molecule has 3 aromatic rings. The third kappa shape index (κ3) is 7.84. The highest BCUT2D eigenvalue weighted by atomic mass is 19.1. The third-order valence-corrected chi connectivity index (χ3v) is 9.91. The fourth-order valence-corrected chi connectivity index (χ4v) is 6.97. The number of aromatic nitrogens is 2. The summed E-state index contributed by atoms with van der Waals surface area (Å²) < 4.78 is 37.3. The van der Waals surface area contributed by atoms with E-state index in [4.69, 9.17) is 4.74 Å². The van der Waals surface area contributed by atoms with Crippen LogP contribution in [0.1, 0.15) is 74.0 Å². The summed E-state index contributed by atoms with van der Waals surface area (Å²) >= 11 is 0. The van der Waals surface area contributed by atoms with E-state index >= 15 is 8.78 Å². The number of piperidine rings is 2. The minimum Gasteiger partial charge on any atom is -0.457 e. The molecule has 0 unspecified atom stereocenters. The lowest BCUT2D eigenvalue weighted by Crippen LogP contribution is -2.56. The number of ether oxygens (including phenoxy) is 1. The Balaban J connectivity index is 1.19. The van der Waals surface area contributed by atoms with E-state index in [-0.39, 0.29) is 42.1 Å². The Morgan fingerprint density at radius 2 is 1.77 bits per heavy atom. The molecular formula is C37H46F2N6O3. The predicted octanol–water partition coefficient (Wildman–Crippen LogP) is 5.80. The van der Waals surface area contributed by atoms with Crippen molar-refractivity contribution in [3.05, 3.63) is 71.2 Å². The second-order valence-corrected chi connectivity index (χ2v) is 14.1. The molecule has 1 aromatic heterocycles. The van der Waals surface area contributed by atoms with Crippen molar-refractivity contribution in [3.63, 3.8) is 0 Å². The molecule has 3 atom stereocenters. The molecule has 0 radical (unpaired) electrons. The van der Waals surface area contributed by atoms with Crippen molar-refractivity contribution in [2.24, 2.45) is 5.92 Å². The molecule has 11 heteroatoms. The van der Waals surface area contributed by atoms with E-state index in [1.165, 1.54) is 12.1 Å². The minimum absolute atomic E-state index is 0.00907. The van der Waals surface area contributed by atoms with Gasteiger partial charge in [0.2, 0.25) is 5.91 Å². The van der Waals surface area contributed by atoms with Crippen molar-refractivity contribution in [2.75, 3.05) is 39.8 Å². The number of hydrogen-bond acceptors (Lipinski definition) is 7. The van der Waals surface area contributed by atoms with Crippen molar-refractivity contribution in [3.8, 4) is 22.8 Å². The molecule has 3 saturated heterocycles. The quantitative estimate of drug-likeness (QED) is 0.310. The van der Waals surface area contributed by atoms with Gasteiger partial charge in [0.05, 0.1) is 23.0 Å². The van der Waals surface area contributed by atoms with Gasteiger partial charge in [-0.1, -0.05) is 20.8 Å². The molecule has 2 amide bonds. The number of hydrogen-bond donors (Lipinski definition) is 1. The van der Waals surface area contributed by atoms with Gasteiger partial charge in [0, 0.05) is 49.8 Å². The van der Waals surface area contributed by atoms with Crippen LogP contribution in [0.5, 0.6) is 11.5 Å². The third-order valence-electron chi connectivity index (χ3n) is 9.91. The number of amides is 2. The summed E-state index contributed by atoms with van der Waals surface area (Å²) in [6.45, 7) is 9.75. The number of nitrogens with zero attached hydrogens (tertiary/aromatic N) is 5. The number of nitrogens with one attached hydrogen (secondary N) is 1. The van der Waals surface area contributed by atoms with Gasteiger partial charge in [0.25, 0.3) is 5.91 Å². The molecule has 48 heavy (non-hydrogen) atoms. The van der Waals surface area contributed by atoms with Gasteiger partial charge in [0.1, 0.15) is 23.5 Å². The molecule has 1 N–H and O–H groups in total. The molecule has 3 aliphatic rings. The summed E-state index contributed by atoms with van der Waals surface area (Å²) in [5.41, 5.74) is 2.70. The lowest BCUT2D eigenvalue weighted by atomic mass is 9.96. The largest absolute Gasteiger partial charge is 0.457 e. The second kappa shape index (κ2) is 14.7. The molecule has 6 rings (SSSR count). The number of rotatable bonds is 9. The van der Waals surface area contributed by atoms with Crippen LogP contribution >= 0.6 is 0 Å². The normalized spacial score (nSPS) is 22.8. The van der Waals surface area contributed by atoms with Crippen LogP contribution in [0.25, 0.3) is 11.3 Å². The highest BCUT2D eigenvalue weighted by molar-refractivity contribution is 5.95. The lowest BCUT2D eigenvalue weighted by Gasteiger charge is -2.42. The zero-order valence-electron chi connectivity index (χ0n) is 28.3. The van der Waals surface area contributed by atoms with Crippen LogP contribution in [0.15, 0.2) is 48.5 Å². The molecule has 256 valence electrons. The van der Waals surface area contributed by atoms with E-state index in [1.54, 1.807) is 17.0 Å². The van der Waals surface area contributed by atoms with Crippen LogP contribution in [0, 0.1) is 11.7 Å². The van der Waals surface area contributed by atoms with Gasteiger partial charge in [0.15, 0.2) is 0 Å². The fourth-order valence-electron chi connectivity index (χ4n) is 6.97. The number of benzene rings is 2. The maximum Gasteiger partial charge on any atom is 0.254 e. The van der Waals surface area contributed by atoms with E-state index in [1.807, 2.05) is 31.2 Å². The average molecular weight is 661 g/mol. The Hall–Kier alpha value is -3.96. The predicted molar refractivity (Wildman–Crippen MR) is 180 cm³/mol. The van der Waals surface area contributed by atoms with Gasteiger partial charge < -0.3 is 19.9 Å². The SMILES string of the molecule is CC(C)c1ccc(-c2ccc(Oc3cc(C(=O)N[C@@H]4CCN(C5CCN(C)CC5)C[C@@H]4F)c(F)cc3CN3C[C@@H](C)CC3=O)cc2)nn1. The molecular weight excluding hydrogens is 614 g/mol. The van der Waals surface area contributed by atoms with Crippen LogP contribution in [-0.2, 0) is 11.3 Å². The van der Waals surface area contributed by atoms with Gasteiger partial charge in [-0.15, -0.1) is 0 Å². The van der Waals surface area contributed by atoms with E-state index < -0.39 is 23.9 Å². The summed E-state index contributed by atoms with van der Waals surface area (Å²) in [5, 5.41) is 11.4. The number of carbonyl (C=O) groups excluding carboxylic acids is 2. The van der Waals surface area contributed by atoms with E-state index in [2.05, 4.69) is 46.2 Å². The first kappa shape index (κ1) is 33.9. The van der Waals surface area contributed by atoms with Crippen molar-refractivity contribution in [1.82, 2.24) is 30.2 Å². The summed E-state index contributed by atoms with van der Waals surface area (Å²) in [6, 6.07) is 13.4. The Morgan fingerprint density at radius 1 is 1.02 bits per heavy atom. The highest BCUT2D eigenvalue weighted by Crippen LogP contribution is 2.33. The van der Waals surface area contributed by atoms with Crippen molar-refractivity contribution in [1.29, 1.82) is 0 Å². The molecule has 4 heterocycles. The summed E-state index contributed by atoms with van der Waals surface area (Å²) in [7, 11) is 2.10. The molecule has 0 bridgehead atoms. The van der Waals surface area contributed by atoms with Crippen LogP contribution in [-0.4, -0.2) is 94.7 Å². The topological polar surface area (TPSA) is 90.9 Å². The first-order valence-corrected chi connectivity index (χ1v) is 17.1. The highest BCUT2D eigenvalue weighted by Gasteiger charge is 2.35. The molecule has 9 nitrogen and oxygen atoms in total. The van der Waals surface area contributed by atoms with Crippen LogP contribution in [0.3, 0.4) is 0 Å². The molecule has 0 aliphatic carbocycles. The zero-order valence-corrected chi connectivity index (χ0v) is 28.3. The standard InChI is InChI=1S/C37H46F2N6O3/c1-23(2)32-9-10-33(42-41-32)25-5-7-28(8-6-25)48-35-19-29(30(38)18-26(35)21-45-20-24(3)17-36(45)46)37(47)40-34-13-16-44(22-31(34)39)27-11-14-43(4)15-12-27/h5-10,18-19,23-24,27,31,34H,11-17,20-22H2,1-4H3,(H,40,47)/t24-,31-,34+/m0/s1. The number of carbonyl (C=O) groups is 2. The van der Waals surface area contributed by atoms with E-state index in [9.17, 15) is 9.59 Å². The maximum absolute atomic E-state index is 15.6. The Kier molecular flexibility index (Phi) is 10.4. The first-order valence-electron chi connectivity index (χ1n) is 17.1. The van der Waals surface area contributed by atoms with E-state index in [0.29, 0.717) is 43.3 Å². The van der Waals surface area contributed by atoms with Crippen molar-refractivity contribution in [2.45, 2.75) is 77.2 Å². The summed E-state index contributed by atoms with van der Waals surface area (Å²) in [4.78, 5) is 32.2. The first-order chi connectivity index (χ1) is 23.0. The smallest absolute Gasteiger partial charge is 0.254 e. The number of likely N-dealkylation sites (tertiary alicyclic amines) is 3. The van der Waals surface area contributed by atoms with Gasteiger partial charge in [-0.2, -0.15) is 10.2 Å². The summed E-state index contributed by atoms with van der Waals surface area (Å²) in [6.07, 6.45) is 1.64. The Morgan fingerprint density at radius 3 is 2.40 bits per heavy atom. The van der Waals surface area contributed by atoms with Crippen molar-refractivity contribution >= 4 is 11.8 Å². The molecule has 0 saturated carbocycles. The molecule has 0 spiro atoms. The fraction of sp³-hybridized carbons (Fsp3) is 0.514. The molecule has 3 fully saturated rings. The van der Waals surface area contributed by atoms with Crippen LogP contribution < -0.4 is 10.1 Å². The molecule has 2 aromatic carbocycles. The van der Waals surface area contributed by atoms with Gasteiger partial charge >= 0.3 is 0 Å². The molecule has 3 aliphatic heterocycles. The monoisotopic (exact) mass is 660 g/mol. The van der Waals surface area contributed by atoms with Gasteiger partial charge in [-0.3, -0.25) is 14.5 Å². The second-order valence-electron chi connectivity index (χ2n) is 14.1. The summed E-state index contributed by atoms with van der Waals surface area (Å²) in [5.74, 6) is -0.237. The van der Waals surface area contributed by atoms with E-state index in [0.717, 1.165) is 42.9 Å². The van der Waals surface area contributed by atoms with Gasteiger partial charge in [-0.25, -0.2) is 8.78 Å². The van der Waals surface area contributed by atoms with Crippen molar-refractivity contribution < 1.29 is 23.1 Å².